The van der Waals surface area contributed by atoms with E-state index in [1.165, 1.54) is 0 Å². The Morgan fingerprint density at radius 1 is 0.632 bits per heavy atom. The van der Waals surface area contributed by atoms with Crippen LogP contribution in [-0.2, 0) is 14.3 Å². The summed E-state index contributed by atoms with van der Waals surface area (Å²) in [6.45, 7) is 1.46. The Balaban J connectivity index is 6.60. The largest absolute Gasteiger partial charge is 0.478 e. The molecule has 224 valence electrons. The highest BCUT2D eigenvalue weighted by atomic mass is 19.4. The van der Waals surface area contributed by atoms with E-state index < -0.39 is 78.0 Å². The summed E-state index contributed by atoms with van der Waals surface area (Å²) < 4.78 is 230. The zero-order valence-corrected chi connectivity index (χ0v) is 18.1. The Labute approximate surface area is 199 Å². The average molecular weight is 604 g/mol. The Bertz CT molecular complexity index is 905. The monoisotopic (exact) mass is 604 g/mol. The third-order valence-corrected chi connectivity index (χ3v) is 4.62. The van der Waals surface area contributed by atoms with E-state index in [1.54, 1.807) is 0 Å². The van der Waals surface area contributed by atoms with Crippen molar-refractivity contribution in [1.82, 2.24) is 0 Å². The van der Waals surface area contributed by atoms with Gasteiger partial charge in [-0.3, -0.25) is 0 Å². The molecule has 0 saturated carbocycles. The van der Waals surface area contributed by atoms with Gasteiger partial charge < -0.3 is 9.84 Å². The fourth-order valence-electron chi connectivity index (χ4n) is 2.32. The summed E-state index contributed by atoms with van der Waals surface area (Å²) in [7, 11) is 0. The molecule has 0 spiro atoms. The number of rotatable bonds is 12. The van der Waals surface area contributed by atoms with Crippen LogP contribution < -0.4 is 0 Å². The molecule has 0 aromatic carbocycles. The van der Waals surface area contributed by atoms with Gasteiger partial charge in [0.2, 0.25) is 0 Å². The second kappa shape index (κ2) is 10.2. The van der Waals surface area contributed by atoms with Crippen molar-refractivity contribution in [3.63, 3.8) is 0 Å². The minimum Gasteiger partial charge on any atom is -0.478 e. The summed E-state index contributed by atoms with van der Waals surface area (Å²) in [5.41, 5.74) is 0. The number of ether oxygens (including phenoxy) is 1. The molecule has 0 aliphatic heterocycles. The van der Waals surface area contributed by atoms with E-state index in [4.69, 9.17) is 5.11 Å². The first kappa shape index (κ1) is 35.5. The maximum atomic E-state index is 14.1. The first-order valence-electron chi connectivity index (χ1n) is 9.19. The van der Waals surface area contributed by atoms with Crippen LogP contribution >= 0.6 is 0 Å². The van der Waals surface area contributed by atoms with Crippen molar-refractivity contribution < 1.29 is 94.1 Å². The van der Waals surface area contributed by atoms with Crippen LogP contribution in [0.25, 0.3) is 0 Å². The third kappa shape index (κ3) is 5.74. The standard InChI is InChI=1S/C17H13F17O4/c1-6(2)7(38-9(37)4-3-8(35)36)5-10(18,19)11(20,21)12(22,23)13(24,25)14(26,27)15(28,29)16(30,31)17(32,33)34/h3-4,6-7H,5H2,1-2H3,(H,35,36). The lowest BCUT2D eigenvalue weighted by Gasteiger charge is -2.43. The number of carbonyl (C=O) groups excluding carboxylic acids is 1. The van der Waals surface area contributed by atoms with Crippen molar-refractivity contribution in [3.05, 3.63) is 12.2 Å². The van der Waals surface area contributed by atoms with Gasteiger partial charge in [0.05, 0.1) is 6.42 Å². The summed E-state index contributed by atoms with van der Waals surface area (Å²) in [5, 5.41) is 8.29. The molecule has 21 heteroatoms. The summed E-state index contributed by atoms with van der Waals surface area (Å²) in [6, 6.07) is 0. The Kier molecular flexibility index (Phi) is 9.56. The van der Waals surface area contributed by atoms with Crippen LogP contribution in [-0.4, -0.2) is 70.8 Å². The summed E-state index contributed by atoms with van der Waals surface area (Å²) in [5.74, 6) is -62.9. The molecule has 0 aliphatic carbocycles. The highest BCUT2D eigenvalue weighted by Crippen LogP contribution is 2.64. The van der Waals surface area contributed by atoms with E-state index in [1.807, 2.05) is 0 Å². The Morgan fingerprint density at radius 2 is 0.974 bits per heavy atom. The van der Waals surface area contributed by atoms with Crippen molar-refractivity contribution in [1.29, 1.82) is 0 Å². The minimum absolute atomic E-state index is 0.0137. The molecule has 1 atom stereocenters. The van der Waals surface area contributed by atoms with Crippen molar-refractivity contribution >= 4 is 11.9 Å². The smallest absolute Gasteiger partial charge is 0.460 e. The maximum Gasteiger partial charge on any atom is 0.460 e. The third-order valence-electron chi connectivity index (χ3n) is 4.62. The van der Waals surface area contributed by atoms with Crippen LogP contribution in [0.15, 0.2) is 12.2 Å². The number of aliphatic carboxylic acids is 1. The molecule has 4 nitrogen and oxygen atoms in total. The average Bonchev–Trinajstić information content (AvgIpc) is 2.69. The van der Waals surface area contributed by atoms with E-state index in [2.05, 4.69) is 4.74 Å². The quantitative estimate of drug-likeness (QED) is 0.155. The minimum atomic E-state index is -8.74. The molecule has 0 rings (SSSR count). The predicted molar refractivity (Wildman–Crippen MR) is 86.8 cm³/mol. The van der Waals surface area contributed by atoms with Gasteiger partial charge in [0.25, 0.3) is 0 Å². The van der Waals surface area contributed by atoms with Crippen molar-refractivity contribution in [2.45, 2.75) is 74.0 Å². The number of hydrogen-bond donors (Lipinski definition) is 1. The van der Waals surface area contributed by atoms with E-state index in [0.29, 0.717) is 0 Å². The molecule has 0 saturated heterocycles. The first-order chi connectivity index (χ1) is 16.4. The van der Waals surface area contributed by atoms with Gasteiger partial charge in [-0.1, -0.05) is 13.8 Å². The Hall–Kier alpha value is -2.51. The molecule has 0 aromatic heterocycles. The van der Waals surface area contributed by atoms with Crippen LogP contribution in [0.4, 0.5) is 74.6 Å². The van der Waals surface area contributed by atoms with Crippen LogP contribution in [0, 0.1) is 5.92 Å². The number of carbonyl (C=O) groups is 2. The molecule has 0 bridgehead atoms. The van der Waals surface area contributed by atoms with E-state index in [0.717, 1.165) is 13.8 Å². The zero-order valence-electron chi connectivity index (χ0n) is 18.1. The lowest BCUT2D eigenvalue weighted by atomic mass is 9.86. The van der Waals surface area contributed by atoms with Crippen molar-refractivity contribution in [2.24, 2.45) is 5.92 Å². The summed E-state index contributed by atoms with van der Waals surface area (Å²) in [6.07, 6.45) is -13.6. The van der Waals surface area contributed by atoms with E-state index in [9.17, 15) is 84.2 Å². The number of esters is 1. The summed E-state index contributed by atoms with van der Waals surface area (Å²) in [4.78, 5) is 21.6. The number of halogens is 17. The van der Waals surface area contributed by atoms with Gasteiger partial charge in [-0.2, -0.15) is 74.6 Å². The maximum absolute atomic E-state index is 14.1. The fraction of sp³-hybridized carbons (Fsp3) is 0.765. The van der Waals surface area contributed by atoms with Gasteiger partial charge in [0, 0.05) is 12.2 Å². The molecule has 38 heavy (non-hydrogen) atoms. The molecule has 0 radical (unpaired) electrons. The van der Waals surface area contributed by atoms with Crippen LogP contribution in [0.1, 0.15) is 20.3 Å². The first-order valence-corrected chi connectivity index (χ1v) is 9.19. The molecule has 0 amide bonds. The molecular formula is C17H13F17O4. The van der Waals surface area contributed by atoms with Crippen molar-refractivity contribution in [3.8, 4) is 0 Å². The highest BCUT2D eigenvalue weighted by Gasteiger charge is 2.95. The topological polar surface area (TPSA) is 63.6 Å². The van der Waals surface area contributed by atoms with E-state index >= 15 is 0 Å². The molecule has 0 fully saturated rings. The number of alkyl halides is 17. The molecule has 0 heterocycles. The normalized spacial score (nSPS) is 16.2. The second-order valence-corrected chi connectivity index (χ2v) is 7.74. The predicted octanol–water partition coefficient (Wildman–Crippen LogP) is 6.59. The Morgan fingerprint density at radius 3 is 1.29 bits per heavy atom. The number of carboxylic acid groups (broad SMARTS) is 1. The molecule has 1 unspecified atom stereocenters. The number of hydrogen-bond acceptors (Lipinski definition) is 3. The highest BCUT2D eigenvalue weighted by molar-refractivity contribution is 5.90. The van der Waals surface area contributed by atoms with Gasteiger partial charge >= 0.3 is 59.6 Å². The fourth-order valence-corrected chi connectivity index (χ4v) is 2.32. The van der Waals surface area contributed by atoms with E-state index in [-0.39, 0.29) is 12.2 Å². The van der Waals surface area contributed by atoms with Crippen LogP contribution in [0.3, 0.4) is 0 Å². The molecule has 0 aliphatic rings. The lowest BCUT2D eigenvalue weighted by molar-refractivity contribution is -0.462. The van der Waals surface area contributed by atoms with Gasteiger partial charge in [-0.25, -0.2) is 9.59 Å². The van der Waals surface area contributed by atoms with Gasteiger partial charge in [0.15, 0.2) is 0 Å². The zero-order chi connectivity index (χ0) is 31.1. The van der Waals surface area contributed by atoms with Crippen LogP contribution in [0.5, 0.6) is 0 Å². The van der Waals surface area contributed by atoms with Crippen LogP contribution in [0.2, 0.25) is 0 Å². The summed E-state index contributed by atoms with van der Waals surface area (Å²) >= 11 is 0. The van der Waals surface area contributed by atoms with Gasteiger partial charge in [-0.05, 0) is 5.92 Å². The molecular weight excluding hydrogens is 591 g/mol. The number of carboxylic acids is 1. The molecule has 1 N–H and O–H groups in total. The van der Waals surface area contributed by atoms with Crippen molar-refractivity contribution in [2.75, 3.05) is 0 Å². The SMILES string of the molecule is CC(C)C(CC(F)(F)C(F)(F)C(F)(F)C(F)(F)C(F)(F)C(F)(F)C(F)(F)C(F)(F)F)OC(=O)C=CC(=O)O. The van der Waals surface area contributed by atoms with Gasteiger partial charge in [0.1, 0.15) is 6.10 Å². The van der Waals surface area contributed by atoms with Gasteiger partial charge in [-0.15, -0.1) is 0 Å². The lowest BCUT2D eigenvalue weighted by Crippen LogP contribution is -2.74. The second-order valence-electron chi connectivity index (χ2n) is 7.74. The molecule has 0 aromatic rings.